The van der Waals surface area contributed by atoms with Crippen LogP contribution in [0.15, 0.2) is 24.3 Å². The van der Waals surface area contributed by atoms with E-state index in [1.165, 1.54) is 77.0 Å². The highest BCUT2D eigenvalue weighted by Crippen LogP contribution is 2.12. The van der Waals surface area contributed by atoms with Crippen LogP contribution in [0.1, 0.15) is 206 Å². The predicted molar refractivity (Wildman–Crippen MR) is 206 cm³/mol. The summed E-state index contributed by atoms with van der Waals surface area (Å²) in [4.78, 5) is 24.1. The fraction of sp³-hybridized carbons (Fsp3) is 0.857. The van der Waals surface area contributed by atoms with Crippen molar-refractivity contribution in [1.29, 1.82) is 0 Å². The lowest BCUT2D eigenvalue weighted by Crippen LogP contribution is -2.24. The summed E-state index contributed by atoms with van der Waals surface area (Å²) >= 11 is 0. The van der Waals surface area contributed by atoms with Gasteiger partial charge in [-0.2, -0.15) is 0 Å². The van der Waals surface area contributed by atoms with Gasteiger partial charge in [0.05, 0.1) is 12.2 Å². The molecule has 6 nitrogen and oxygen atoms in total. The Kier molecular flexibility index (Phi) is 36.8. The van der Waals surface area contributed by atoms with Crippen LogP contribution >= 0.6 is 0 Å². The molecule has 0 aliphatic carbocycles. The minimum absolute atomic E-state index is 0.176. The third-order valence-electron chi connectivity index (χ3n) is 9.23. The van der Waals surface area contributed by atoms with Crippen LogP contribution in [0, 0.1) is 0 Å². The lowest BCUT2D eigenvalue weighted by Gasteiger charge is -2.07. The van der Waals surface area contributed by atoms with Crippen molar-refractivity contribution in [3.63, 3.8) is 0 Å². The van der Waals surface area contributed by atoms with Crippen molar-refractivity contribution in [2.75, 3.05) is 13.1 Å². The Morgan fingerprint density at radius 3 is 1.23 bits per heavy atom. The topological polar surface area (TPSA) is 98.7 Å². The van der Waals surface area contributed by atoms with Crippen molar-refractivity contribution in [2.24, 2.45) is 0 Å². The van der Waals surface area contributed by atoms with Crippen LogP contribution in [0.4, 0.5) is 0 Å². The zero-order chi connectivity index (χ0) is 35.2. The average Bonchev–Trinajstić information content (AvgIpc) is 3.07. The first-order chi connectivity index (χ1) is 23.5. The monoisotopic (exact) mass is 677 g/mol. The van der Waals surface area contributed by atoms with Crippen LogP contribution in [-0.2, 0) is 9.59 Å². The van der Waals surface area contributed by atoms with Gasteiger partial charge in [0.1, 0.15) is 0 Å². The Labute approximate surface area is 297 Å². The van der Waals surface area contributed by atoms with E-state index >= 15 is 0 Å². The van der Waals surface area contributed by atoms with Gasteiger partial charge in [-0.3, -0.25) is 9.59 Å². The third-order valence-corrected chi connectivity index (χ3v) is 9.23. The molecule has 282 valence electrons. The Balaban J connectivity index is 3.39. The van der Waals surface area contributed by atoms with Gasteiger partial charge in [-0.15, -0.1) is 0 Å². The Hall–Kier alpha value is -1.66. The molecule has 0 spiro atoms. The van der Waals surface area contributed by atoms with Crippen molar-refractivity contribution in [2.45, 2.75) is 219 Å². The molecule has 0 aromatic carbocycles. The first kappa shape index (κ1) is 46.3. The largest absolute Gasteiger partial charge is 0.393 e. The molecule has 0 aromatic heterocycles. The molecule has 0 radical (unpaired) electrons. The van der Waals surface area contributed by atoms with Crippen LogP contribution in [0.25, 0.3) is 0 Å². The number of aliphatic hydroxyl groups excluding tert-OH is 2. The summed E-state index contributed by atoms with van der Waals surface area (Å²) in [5.41, 5.74) is 0. The molecule has 0 bridgehead atoms. The lowest BCUT2D eigenvalue weighted by molar-refractivity contribution is -0.122. The maximum absolute atomic E-state index is 12.1. The quantitative estimate of drug-likeness (QED) is 0.0389. The van der Waals surface area contributed by atoms with E-state index in [0.29, 0.717) is 12.8 Å². The van der Waals surface area contributed by atoms with E-state index in [4.69, 9.17) is 0 Å². The second-order valence-corrected chi connectivity index (χ2v) is 14.1. The fourth-order valence-corrected chi connectivity index (χ4v) is 5.98. The van der Waals surface area contributed by atoms with Gasteiger partial charge < -0.3 is 20.8 Å². The molecule has 6 heteroatoms. The molecule has 0 aromatic rings. The maximum atomic E-state index is 12.1. The van der Waals surface area contributed by atoms with Gasteiger partial charge >= 0.3 is 0 Å². The molecule has 0 unspecified atom stereocenters. The molecule has 2 amide bonds. The standard InChI is InChI=1S/C42H80N2O4/c1-3-5-7-23-31-39(45)33-25-17-13-9-11-15-19-27-35-41(47)43-37-29-21-22-30-38-44-42(48)36-28-20-16-12-10-14-18-26-34-40(46)32-24-8-6-4-2/h17-18,25-26,39-40,45-46H,3-16,19-24,27-38H2,1-2H3,(H,43,47)(H,44,48)/t39-,40-/m1/s1. The van der Waals surface area contributed by atoms with Gasteiger partial charge in [-0.1, -0.05) is 141 Å². The number of unbranched alkanes of at least 4 members (excludes halogenated alkanes) is 19. The molecule has 2 atom stereocenters. The molecule has 0 aliphatic heterocycles. The summed E-state index contributed by atoms with van der Waals surface area (Å²) in [5, 5.41) is 26.1. The van der Waals surface area contributed by atoms with E-state index in [1.807, 2.05) is 0 Å². The molecular weight excluding hydrogens is 596 g/mol. The van der Waals surface area contributed by atoms with Crippen molar-refractivity contribution in [1.82, 2.24) is 10.6 Å². The molecule has 0 heterocycles. The molecule has 0 saturated carbocycles. The third kappa shape index (κ3) is 37.2. The number of hydrogen-bond acceptors (Lipinski definition) is 4. The first-order valence-electron chi connectivity index (χ1n) is 20.7. The highest BCUT2D eigenvalue weighted by atomic mass is 16.3. The van der Waals surface area contributed by atoms with E-state index < -0.39 is 0 Å². The van der Waals surface area contributed by atoms with Crippen LogP contribution in [0.3, 0.4) is 0 Å². The highest BCUT2D eigenvalue weighted by Gasteiger charge is 2.04. The Bertz CT molecular complexity index is 692. The summed E-state index contributed by atoms with van der Waals surface area (Å²) in [7, 11) is 0. The molecule has 0 aliphatic rings. The van der Waals surface area contributed by atoms with Crippen LogP contribution in [0.5, 0.6) is 0 Å². The van der Waals surface area contributed by atoms with Crippen LogP contribution in [-0.4, -0.2) is 47.3 Å². The second kappa shape index (κ2) is 38.1. The minimum atomic E-state index is -0.180. The second-order valence-electron chi connectivity index (χ2n) is 14.1. The van der Waals surface area contributed by atoms with Gasteiger partial charge in [0.25, 0.3) is 0 Å². The number of allylic oxidation sites excluding steroid dienone is 2. The fourth-order valence-electron chi connectivity index (χ4n) is 5.98. The van der Waals surface area contributed by atoms with Gasteiger partial charge in [0.15, 0.2) is 0 Å². The van der Waals surface area contributed by atoms with Crippen molar-refractivity contribution in [3.8, 4) is 0 Å². The number of carbonyl (C=O) groups excluding carboxylic acids is 2. The van der Waals surface area contributed by atoms with Crippen LogP contribution in [0.2, 0.25) is 0 Å². The van der Waals surface area contributed by atoms with Gasteiger partial charge in [-0.05, 0) is 77.0 Å². The molecule has 0 saturated heterocycles. The number of hydrogen-bond donors (Lipinski definition) is 4. The van der Waals surface area contributed by atoms with Gasteiger partial charge in [0, 0.05) is 25.9 Å². The van der Waals surface area contributed by atoms with Crippen molar-refractivity contribution >= 4 is 11.8 Å². The van der Waals surface area contributed by atoms with Crippen molar-refractivity contribution in [3.05, 3.63) is 24.3 Å². The molecule has 48 heavy (non-hydrogen) atoms. The minimum Gasteiger partial charge on any atom is -0.393 e. The predicted octanol–water partition coefficient (Wildman–Crippen LogP) is 10.8. The summed E-state index contributed by atoms with van der Waals surface area (Å²) in [6, 6.07) is 0. The zero-order valence-electron chi connectivity index (χ0n) is 31.8. The van der Waals surface area contributed by atoms with E-state index in [1.54, 1.807) is 0 Å². The average molecular weight is 677 g/mol. The van der Waals surface area contributed by atoms with Crippen LogP contribution < -0.4 is 10.6 Å². The van der Waals surface area contributed by atoms with Gasteiger partial charge in [-0.25, -0.2) is 0 Å². The zero-order valence-corrected chi connectivity index (χ0v) is 31.8. The number of rotatable bonds is 37. The van der Waals surface area contributed by atoms with E-state index in [2.05, 4.69) is 48.8 Å². The molecule has 0 rings (SSSR count). The van der Waals surface area contributed by atoms with Crippen molar-refractivity contribution < 1.29 is 19.8 Å². The SMILES string of the molecule is CCCCCC[C@@H](O)CC=CCCCCCCCC(=O)NCCCCCCNC(=O)CCCCCCCC=CC[C@H](O)CCCCCC. The van der Waals surface area contributed by atoms with E-state index in [0.717, 1.165) is 116 Å². The molecular formula is C42H80N2O4. The molecule has 0 fully saturated rings. The summed E-state index contributed by atoms with van der Waals surface area (Å²) in [6.45, 7) is 5.93. The highest BCUT2D eigenvalue weighted by molar-refractivity contribution is 5.76. The van der Waals surface area contributed by atoms with E-state index in [9.17, 15) is 19.8 Å². The number of carbonyl (C=O) groups is 2. The lowest BCUT2D eigenvalue weighted by atomic mass is 10.1. The van der Waals surface area contributed by atoms with E-state index in [-0.39, 0.29) is 24.0 Å². The summed E-state index contributed by atoms with van der Waals surface area (Å²) in [6.07, 6.45) is 40.4. The summed E-state index contributed by atoms with van der Waals surface area (Å²) in [5.74, 6) is 0.352. The smallest absolute Gasteiger partial charge is 0.219 e. The Morgan fingerprint density at radius 1 is 0.458 bits per heavy atom. The number of nitrogens with one attached hydrogen (secondary N) is 2. The van der Waals surface area contributed by atoms with Gasteiger partial charge in [0.2, 0.25) is 11.8 Å². The maximum Gasteiger partial charge on any atom is 0.219 e. The number of aliphatic hydroxyl groups is 2. The first-order valence-corrected chi connectivity index (χ1v) is 20.7. The normalized spacial score (nSPS) is 13.0. The molecule has 4 N–H and O–H groups in total. The number of amides is 2. The summed E-state index contributed by atoms with van der Waals surface area (Å²) < 4.78 is 0. The Morgan fingerprint density at radius 2 is 0.812 bits per heavy atom.